The van der Waals surface area contributed by atoms with E-state index in [9.17, 15) is 26.7 Å². The fourth-order valence-corrected chi connectivity index (χ4v) is 1.67. The SMILES string of the molecule is O=C(c1ccccc1F)c1cc(C(F)(F)F)ccc1F. The first-order chi connectivity index (χ1) is 9.30. The maximum atomic E-state index is 13.5. The fourth-order valence-electron chi connectivity index (χ4n) is 1.67. The number of rotatable bonds is 2. The van der Waals surface area contributed by atoms with Gasteiger partial charge >= 0.3 is 6.18 Å². The van der Waals surface area contributed by atoms with Crippen LogP contribution in [0.3, 0.4) is 0 Å². The van der Waals surface area contributed by atoms with E-state index in [1.807, 2.05) is 0 Å². The van der Waals surface area contributed by atoms with Crippen LogP contribution in [-0.2, 0) is 6.18 Å². The number of ketones is 1. The minimum Gasteiger partial charge on any atom is -0.288 e. The molecule has 0 aromatic heterocycles. The van der Waals surface area contributed by atoms with E-state index >= 15 is 0 Å². The van der Waals surface area contributed by atoms with Gasteiger partial charge in [0, 0.05) is 0 Å². The van der Waals surface area contributed by atoms with Gasteiger partial charge in [-0.3, -0.25) is 4.79 Å². The lowest BCUT2D eigenvalue weighted by molar-refractivity contribution is -0.137. The second-order valence-electron chi connectivity index (χ2n) is 4.00. The molecule has 0 radical (unpaired) electrons. The number of alkyl halides is 3. The molecule has 0 spiro atoms. The highest BCUT2D eigenvalue weighted by atomic mass is 19.4. The second kappa shape index (κ2) is 5.03. The lowest BCUT2D eigenvalue weighted by Gasteiger charge is -2.09. The van der Waals surface area contributed by atoms with Crippen molar-refractivity contribution in [1.82, 2.24) is 0 Å². The Morgan fingerprint density at radius 2 is 1.45 bits per heavy atom. The predicted octanol–water partition coefficient (Wildman–Crippen LogP) is 4.21. The highest BCUT2D eigenvalue weighted by Crippen LogP contribution is 2.31. The lowest BCUT2D eigenvalue weighted by Crippen LogP contribution is -2.11. The third-order valence-electron chi connectivity index (χ3n) is 2.66. The van der Waals surface area contributed by atoms with E-state index in [1.54, 1.807) is 0 Å². The average Bonchev–Trinajstić information content (AvgIpc) is 2.37. The Kier molecular flexibility index (Phi) is 3.57. The van der Waals surface area contributed by atoms with Crippen LogP contribution in [-0.4, -0.2) is 5.78 Å². The number of halogens is 5. The highest BCUT2D eigenvalue weighted by Gasteiger charge is 2.32. The van der Waals surface area contributed by atoms with Crippen molar-refractivity contribution >= 4 is 5.78 Å². The normalized spacial score (nSPS) is 11.4. The van der Waals surface area contributed by atoms with Gasteiger partial charge in [0.1, 0.15) is 11.6 Å². The van der Waals surface area contributed by atoms with E-state index in [4.69, 9.17) is 0 Å². The summed E-state index contributed by atoms with van der Waals surface area (Å²) in [6, 6.07) is 6.14. The molecule has 0 aliphatic rings. The summed E-state index contributed by atoms with van der Waals surface area (Å²) in [5.74, 6) is -3.19. The van der Waals surface area contributed by atoms with Crippen molar-refractivity contribution in [2.75, 3.05) is 0 Å². The molecule has 0 amide bonds. The van der Waals surface area contributed by atoms with Gasteiger partial charge in [0.25, 0.3) is 0 Å². The van der Waals surface area contributed by atoms with E-state index in [-0.39, 0.29) is 0 Å². The number of carbonyl (C=O) groups is 1. The van der Waals surface area contributed by atoms with Crippen LogP contribution >= 0.6 is 0 Å². The molecule has 2 rings (SSSR count). The van der Waals surface area contributed by atoms with Crippen LogP contribution < -0.4 is 0 Å². The molecular formula is C14H7F5O. The van der Waals surface area contributed by atoms with Gasteiger partial charge < -0.3 is 0 Å². The van der Waals surface area contributed by atoms with Crippen LogP contribution in [0.4, 0.5) is 22.0 Å². The van der Waals surface area contributed by atoms with Crippen molar-refractivity contribution in [3.05, 3.63) is 70.8 Å². The van der Waals surface area contributed by atoms with E-state index < -0.39 is 40.3 Å². The zero-order chi connectivity index (χ0) is 14.9. The van der Waals surface area contributed by atoms with Crippen LogP contribution in [0.25, 0.3) is 0 Å². The molecule has 104 valence electrons. The summed E-state index contributed by atoms with van der Waals surface area (Å²) in [6.45, 7) is 0. The van der Waals surface area contributed by atoms with Gasteiger partial charge in [0.2, 0.25) is 0 Å². The molecule has 0 heterocycles. The summed E-state index contributed by atoms with van der Waals surface area (Å²) in [5, 5.41) is 0. The zero-order valence-corrected chi connectivity index (χ0v) is 9.84. The molecular weight excluding hydrogens is 279 g/mol. The number of hydrogen-bond donors (Lipinski definition) is 0. The Balaban J connectivity index is 2.53. The summed E-state index contributed by atoms with van der Waals surface area (Å²) in [4.78, 5) is 11.9. The van der Waals surface area contributed by atoms with Crippen LogP contribution in [0.15, 0.2) is 42.5 Å². The van der Waals surface area contributed by atoms with Crippen LogP contribution in [0.1, 0.15) is 21.5 Å². The van der Waals surface area contributed by atoms with Crippen LogP contribution in [0.5, 0.6) is 0 Å². The van der Waals surface area contributed by atoms with E-state index in [0.29, 0.717) is 18.2 Å². The molecule has 6 heteroatoms. The third-order valence-corrected chi connectivity index (χ3v) is 2.66. The minimum absolute atomic E-state index is 0.379. The van der Waals surface area contributed by atoms with Gasteiger partial charge in [-0.1, -0.05) is 12.1 Å². The van der Waals surface area contributed by atoms with Gasteiger partial charge in [-0.05, 0) is 30.3 Å². The lowest BCUT2D eigenvalue weighted by atomic mass is 10.00. The fraction of sp³-hybridized carbons (Fsp3) is 0.0714. The summed E-state index contributed by atoms with van der Waals surface area (Å²) in [6.07, 6.45) is -4.71. The molecule has 2 aromatic rings. The second-order valence-corrected chi connectivity index (χ2v) is 4.00. The smallest absolute Gasteiger partial charge is 0.288 e. The molecule has 20 heavy (non-hydrogen) atoms. The Morgan fingerprint density at radius 1 is 0.850 bits per heavy atom. The topological polar surface area (TPSA) is 17.1 Å². The Morgan fingerprint density at radius 3 is 2.05 bits per heavy atom. The molecule has 0 saturated heterocycles. The molecule has 0 saturated carbocycles. The maximum absolute atomic E-state index is 13.5. The van der Waals surface area contributed by atoms with Gasteiger partial charge in [-0.25, -0.2) is 8.78 Å². The van der Waals surface area contributed by atoms with Gasteiger partial charge in [-0.2, -0.15) is 13.2 Å². The third kappa shape index (κ3) is 2.68. The molecule has 0 aliphatic carbocycles. The number of benzene rings is 2. The molecule has 0 aliphatic heterocycles. The quantitative estimate of drug-likeness (QED) is 0.597. The highest BCUT2D eigenvalue weighted by molar-refractivity contribution is 6.09. The zero-order valence-electron chi connectivity index (χ0n) is 9.84. The van der Waals surface area contributed by atoms with Crippen molar-refractivity contribution in [3.8, 4) is 0 Å². The molecule has 0 N–H and O–H groups in total. The van der Waals surface area contributed by atoms with Crippen molar-refractivity contribution in [2.45, 2.75) is 6.18 Å². The maximum Gasteiger partial charge on any atom is 0.416 e. The largest absolute Gasteiger partial charge is 0.416 e. The summed E-state index contributed by atoms with van der Waals surface area (Å²) in [7, 11) is 0. The Labute approximate surface area is 110 Å². The van der Waals surface area contributed by atoms with Crippen LogP contribution in [0.2, 0.25) is 0 Å². The van der Waals surface area contributed by atoms with Crippen molar-refractivity contribution < 1.29 is 26.7 Å². The summed E-state index contributed by atoms with van der Waals surface area (Å²) >= 11 is 0. The van der Waals surface area contributed by atoms with E-state index in [0.717, 1.165) is 12.1 Å². The van der Waals surface area contributed by atoms with Crippen LogP contribution in [0, 0.1) is 11.6 Å². The molecule has 0 unspecified atom stereocenters. The van der Waals surface area contributed by atoms with Crippen molar-refractivity contribution in [2.24, 2.45) is 0 Å². The summed E-state index contributed by atoms with van der Waals surface area (Å²) < 4.78 is 64.6. The number of hydrogen-bond acceptors (Lipinski definition) is 1. The molecule has 0 fully saturated rings. The molecule has 2 aromatic carbocycles. The first-order valence-corrected chi connectivity index (χ1v) is 5.46. The molecule has 0 bridgehead atoms. The van der Waals surface area contributed by atoms with Crippen molar-refractivity contribution in [1.29, 1.82) is 0 Å². The van der Waals surface area contributed by atoms with Gasteiger partial charge in [0.15, 0.2) is 5.78 Å². The average molecular weight is 286 g/mol. The number of carbonyl (C=O) groups excluding carboxylic acids is 1. The minimum atomic E-state index is -4.71. The van der Waals surface area contributed by atoms with Gasteiger partial charge in [-0.15, -0.1) is 0 Å². The Bertz CT molecular complexity index is 661. The first kappa shape index (κ1) is 14.2. The first-order valence-electron chi connectivity index (χ1n) is 5.46. The monoisotopic (exact) mass is 286 g/mol. The molecule has 1 nitrogen and oxygen atoms in total. The van der Waals surface area contributed by atoms with Gasteiger partial charge in [0.05, 0.1) is 16.7 Å². The predicted molar refractivity (Wildman–Crippen MR) is 61.2 cm³/mol. The molecule has 0 atom stereocenters. The van der Waals surface area contributed by atoms with Crippen molar-refractivity contribution in [3.63, 3.8) is 0 Å². The van der Waals surface area contributed by atoms with E-state index in [1.165, 1.54) is 12.1 Å². The summed E-state index contributed by atoms with van der Waals surface area (Å²) in [5.41, 5.74) is -2.46. The standard InChI is InChI=1S/C14H7F5O/c15-11-4-2-1-3-9(11)13(20)10-7-8(14(17,18)19)5-6-12(10)16/h1-7H. The van der Waals surface area contributed by atoms with E-state index in [2.05, 4.69) is 0 Å². The Hall–Kier alpha value is -2.24.